The van der Waals surface area contributed by atoms with E-state index >= 15 is 0 Å². The summed E-state index contributed by atoms with van der Waals surface area (Å²) in [7, 11) is 0. The van der Waals surface area contributed by atoms with Crippen LogP contribution >= 0.6 is 11.6 Å². The van der Waals surface area contributed by atoms with Crippen molar-refractivity contribution in [1.82, 2.24) is 25.0 Å². The number of rotatable bonds is 7. The second-order valence-electron chi connectivity index (χ2n) is 6.14. The highest BCUT2D eigenvalue weighted by Crippen LogP contribution is 2.15. The van der Waals surface area contributed by atoms with Gasteiger partial charge >= 0.3 is 0 Å². The largest absolute Gasteiger partial charge is 0.351 e. The lowest BCUT2D eigenvalue weighted by Crippen LogP contribution is -2.37. The van der Waals surface area contributed by atoms with Crippen LogP contribution in [0.4, 0.5) is 0 Å². The minimum absolute atomic E-state index is 0.0665. The standard InChI is InChI=1S/C17H20ClN5O2/c18-14-3-1-2-13(8-14)4-7-23-10-15(9-17(23)25)21-16(24)5-6-22-11-19-20-12-22/h1-3,8,11-12,15H,4-7,9-10H2,(H,21,24)/t15-/m1/s1. The van der Waals surface area contributed by atoms with Crippen molar-refractivity contribution >= 4 is 23.4 Å². The summed E-state index contributed by atoms with van der Waals surface area (Å²) in [6, 6.07) is 7.52. The molecule has 1 atom stereocenters. The molecule has 0 bridgehead atoms. The van der Waals surface area contributed by atoms with E-state index in [0.29, 0.717) is 37.5 Å². The van der Waals surface area contributed by atoms with Crippen LogP contribution in [0.25, 0.3) is 0 Å². The third-order valence-electron chi connectivity index (χ3n) is 4.20. The van der Waals surface area contributed by atoms with Gasteiger partial charge in [-0.1, -0.05) is 23.7 Å². The van der Waals surface area contributed by atoms with E-state index in [1.165, 1.54) is 0 Å². The van der Waals surface area contributed by atoms with Crippen molar-refractivity contribution in [3.8, 4) is 0 Å². The molecule has 1 N–H and O–H groups in total. The topological polar surface area (TPSA) is 80.1 Å². The number of carbonyl (C=O) groups is 2. The maximum Gasteiger partial charge on any atom is 0.224 e. The molecule has 1 aliphatic heterocycles. The number of nitrogens with one attached hydrogen (secondary N) is 1. The van der Waals surface area contributed by atoms with Crippen LogP contribution < -0.4 is 5.32 Å². The van der Waals surface area contributed by atoms with Crippen LogP contribution in [0.2, 0.25) is 5.02 Å². The summed E-state index contributed by atoms with van der Waals surface area (Å²) in [6.07, 6.45) is 4.59. The Morgan fingerprint density at radius 3 is 2.84 bits per heavy atom. The van der Waals surface area contributed by atoms with Crippen LogP contribution in [-0.4, -0.2) is 50.6 Å². The molecule has 0 spiro atoms. The first kappa shape index (κ1) is 17.4. The lowest BCUT2D eigenvalue weighted by Gasteiger charge is -2.17. The molecule has 132 valence electrons. The molecule has 0 radical (unpaired) electrons. The molecular weight excluding hydrogens is 342 g/mol. The minimum Gasteiger partial charge on any atom is -0.351 e. The van der Waals surface area contributed by atoms with Crippen molar-refractivity contribution < 1.29 is 9.59 Å². The summed E-state index contributed by atoms with van der Waals surface area (Å²) in [4.78, 5) is 25.9. The van der Waals surface area contributed by atoms with Gasteiger partial charge in [-0.25, -0.2) is 0 Å². The Labute approximate surface area is 151 Å². The van der Waals surface area contributed by atoms with Gasteiger partial charge in [0.2, 0.25) is 11.8 Å². The number of likely N-dealkylation sites (tertiary alicyclic amines) is 1. The van der Waals surface area contributed by atoms with E-state index in [4.69, 9.17) is 11.6 Å². The second kappa shape index (κ2) is 8.11. The first-order chi connectivity index (χ1) is 12.1. The molecule has 8 heteroatoms. The average Bonchev–Trinajstić information content (AvgIpc) is 3.21. The first-order valence-corrected chi connectivity index (χ1v) is 8.62. The molecule has 1 aromatic heterocycles. The van der Waals surface area contributed by atoms with Crippen molar-refractivity contribution in [2.24, 2.45) is 0 Å². The van der Waals surface area contributed by atoms with Gasteiger partial charge in [0.15, 0.2) is 0 Å². The lowest BCUT2D eigenvalue weighted by molar-refractivity contribution is -0.127. The SMILES string of the molecule is O=C(CCn1cnnc1)N[C@@H]1CC(=O)N(CCc2cccc(Cl)c2)C1. The van der Waals surface area contributed by atoms with E-state index < -0.39 is 0 Å². The number of amides is 2. The number of halogens is 1. The monoisotopic (exact) mass is 361 g/mol. The van der Waals surface area contributed by atoms with Crippen LogP contribution in [0.5, 0.6) is 0 Å². The molecule has 1 aromatic carbocycles. The van der Waals surface area contributed by atoms with Crippen LogP contribution in [0.15, 0.2) is 36.9 Å². The zero-order chi connectivity index (χ0) is 17.6. The van der Waals surface area contributed by atoms with E-state index in [9.17, 15) is 9.59 Å². The van der Waals surface area contributed by atoms with Gasteiger partial charge in [0.25, 0.3) is 0 Å². The fraction of sp³-hybridized carbons (Fsp3) is 0.412. The van der Waals surface area contributed by atoms with E-state index in [1.807, 2.05) is 24.3 Å². The molecule has 25 heavy (non-hydrogen) atoms. The van der Waals surface area contributed by atoms with Crippen molar-refractivity contribution in [2.45, 2.75) is 31.8 Å². The molecule has 0 unspecified atom stereocenters. The highest BCUT2D eigenvalue weighted by Gasteiger charge is 2.30. The normalized spacial score (nSPS) is 17.1. The molecule has 7 nitrogen and oxygen atoms in total. The number of hydrogen-bond donors (Lipinski definition) is 1. The van der Waals surface area contributed by atoms with Gasteiger partial charge in [0.05, 0.1) is 6.04 Å². The van der Waals surface area contributed by atoms with E-state index in [0.717, 1.165) is 12.0 Å². The number of hydrogen-bond acceptors (Lipinski definition) is 4. The van der Waals surface area contributed by atoms with Gasteiger partial charge in [-0.05, 0) is 24.1 Å². The third kappa shape index (κ3) is 5.03. The van der Waals surface area contributed by atoms with Gasteiger partial charge in [0.1, 0.15) is 12.7 Å². The Bertz CT molecular complexity index is 734. The zero-order valence-electron chi connectivity index (χ0n) is 13.8. The van der Waals surface area contributed by atoms with Crippen LogP contribution in [0, 0.1) is 0 Å². The molecule has 1 aliphatic rings. The molecule has 2 heterocycles. The second-order valence-corrected chi connectivity index (χ2v) is 6.57. The summed E-state index contributed by atoms with van der Waals surface area (Å²) < 4.78 is 1.75. The predicted octanol–water partition coefficient (Wildman–Crippen LogP) is 1.28. The smallest absolute Gasteiger partial charge is 0.224 e. The van der Waals surface area contributed by atoms with Crippen molar-refractivity contribution in [3.63, 3.8) is 0 Å². The molecule has 2 amide bonds. The fourth-order valence-electron chi connectivity index (χ4n) is 2.91. The third-order valence-corrected chi connectivity index (χ3v) is 4.44. The quantitative estimate of drug-likeness (QED) is 0.805. The van der Waals surface area contributed by atoms with Gasteiger partial charge in [-0.2, -0.15) is 0 Å². The maximum absolute atomic E-state index is 12.1. The summed E-state index contributed by atoms with van der Waals surface area (Å²) in [5, 5.41) is 11.0. The zero-order valence-corrected chi connectivity index (χ0v) is 14.5. The summed E-state index contributed by atoms with van der Waals surface area (Å²) in [6.45, 7) is 1.71. The van der Waals surface area contributed by atoms with E-state index in [-0.39, 0.29) is 17.9 Å². The van der Waals surface area contributed by atoms with Crippen LogP contribution in [0.3, 0.4) is 0 Å². The van der Waals surface area contributed by atoms with Crippen LogP contribution in [0.1, 0.15) is 18.4 Å². The Kier molecular flexibility index (Phi) is 5.65. The number of carbonyl (C=O) groups excluding carboxylic acids is 2. The molecule has 0 saturated carbocycles. The Morgan fingerprint density at radius 1 is 1.28 bits per heavy atom. The maximum atomic E-state index is 12.1. The molecular formula is C17H20ClN5O2. The van der Waals surface area contributed by atoms with Crippen molar-refractivity contribution in [3.05, 3.63) is 47.5 Å². The van der Waals surface area contributed by atoms with Crippen molar-refractivity contribution in [1.29, 1.82) is 0 Å². The summed E-state index contributed by atoms with van der Waals surface area (Å²) in [5.41, 5.74) is 1.10. The van der Waals surface area contributed by atoms with Crippen LogP contribution in [-0.2, 0) is 22.6 Å². The van der Waals surface area contributed by atoms with Gasteiger partial charge in [0, 0.05) is 37.5 Å². The molecule has 0 aliphatic carbocycles. The first-order valence-electron chi connectivity index (χ1n) is 8.24. The Morgan fingerprint density at radius 2 is 2.08 bits per heavy atom. The predicted molar refractivity (Wildman–Crippen MR) is 92.9 cm³/mol. The number of aryl methyl sites for hydroxylation is 1. The van der Waals surface area contributed by atoms with E-state index in [1.54, 1.807) is 22.1 Å². The fourth-order valence-corrected chi connectivity index (χ4v) is 3.12. The summed E-state index contributed by atoms with van der Waals surface area (Å²) >= 11 is 5.98. The molecule has 3 rings (SSSR count). The minimum atomic E-state index is -0.125. The summed E-state index contributed by atoms with van der Waals surface area (Å²) in [5.74, 6) is 0.00864. The number of nitrogens with zero attached hydrogens (tertiary/aromatic N) is 4. The Balaban J connectivity index is 1.43. The van der Waals surface area contributed by atoms with E-state index in [2.05, 4.69) is 15.5 Å². The Hall–Kier alpha value is -2.41. The van der Waals surface area contributed by atoms with Gasteiger partial charge in [-0.15, -0.1) is 10.2 Å². The van der Waals surface area contributed by atoms with Gasteiger partial charge < -0.3 is 14.8 Å². The average molecular weight is 362 g/mol. The highest BCUT2D eigenvalue weighted by molar-refractivity contribution is 6.30. The number of aromatic nitrogens is 3. The molecule has 1 saturated heterocycles. The van der Waals surface area contributed by atoms with Crippen molar-refractivity contribution in [2.75, 3.05) is 13.1 Å². The lowest BCUT2D eigenvalue weighted by atomic mass is 10.1. The van der Waals surface area contributed by atoms with Gasteiger partial charge in [-0.3, -0.25) is 9.59 Å². The highest BCUT2D eigenvalue weighted by atomic mass is 35.5. The number of benzene rings is 1. The molecule has 2 aromatic rings. The molecule has 1 fully saturated rings.